The number of rotatable bonds is 6. The number of benzene rings is 1. The van der Waals surface area contributed by atoms with E-state index in [9.17, 15) is 4.79 Å². The normalized spacial score (nSPS) is 16.2. The lowest BCUT2D eigenvalue weighted by molar-refractivity contribution is -0.145. The van der Waals surface area contributed by atoms with Crippen molar-refractivity contribution in [2.45, 2.75) is 32.8 Å². The quantitative estimate of drug-likeness (QED) is 0.858. The number of carboxylic acid groups (broad SMARTS) is 1. The average molecular weight is 264 g/mol. The smallest absolute Gasteiger partial charge is 0.329 e. The van der Waals surface area contributed by atoms with E-state index >= 15 is 0 Å². The van der Waals surface area contributed by atoms with Crippen molar-refractivity contribution in [3.8, 4) is 5.75 Å². The molecule has 1 aliphatic rings. The Kier molecular flexibility index (Phi) is 4.10. The van der Waals surface area contributed by atoms with Gasteiger partial charge in [-0.25, -0.2) is 4.79 Å². The summed E-state index contributed by atoms with van der Waals surface area (Å²) in [6, 6.07) is 4.04. The predicted molar refractivity (Wildman–Crippen MR) is 71.5 cm³/mol. The molecular weight excluding hydrogens is 244 g/mol. The summed E-state index contributed by atoms with van der Waals surface area (Å²) in [7, 11) is 1.65. The highest BCUT2D eigenvalue weighted by atomic mass is 16.5. The molecule has 19 heavy (non-hydrogen) atoms. The van der Waals surface area contributed by atoms with Crippen LogP contribution in [0.3, 0.4) is 0 Å². The Labute approximate surface area is 113 Å². The third-order valence-electron chi connectivity index (χ3n) is 3.53. The molecule has 1 aromatic rings. The first-order chi connectivity index (χ1) is 9.02. The zero-order valence-corrected chi connectivity index (χ0v) is 11.6. The molecule has 0 aliphatic heterocycles. The van der Waals surface area contributed by atoms with Crippen LogP contribution in [0.2, 0.25) is 0 Å². The summed E-state index contributed by atoms with van der Waals surface area (Å²) in [5.41, 5.74) is 3.22. The highest BCUT2D eigenvalue weighted by molar-refractivity contribution is 5.68. The maximum Gasteiger partial charge on any atom is 0.329 e. The van der Waals surface area contributed by atoms with Crippen molar-refractivity contribution in [1.82, 2.24) is 0 Å². The summed E-state index contributed by atoms with van der Waals surface area (Å²) in [4.78, 5) is 10.7. The van der Waals surface area contributed by atoms with Gasteiger partial charge in [0, 0.05) is 0 Å². The molecule has 1 unspecified atom stereocenters. The van der Waals surface area contributed by atoms with Gasteiger partial charge in [0.25, 0.3) is 0 Å². The van der Waals surface area contributed by atoms with Gasteiger partial charge < -0.3 is 14.6 Å². The van der Waals surface area contributed by atoms with Crippen LogP contribution in [0.5, 0.6) is 5.75 Å². The molecule has 0 bridgehead atoms. The van der Waals surface area contributed by atoms with Crippen LogP contribution in [0.25, 0.3) is 0 Å². The van der Waals surface area contributed by atoms with Crippen molar-refractivity contribution < 1.29 is 19.4 Å². The van der Waals surface area contributed by atoms with Gasteiger partial charge >= 0.3 is 5.97 Å². The molecule has 1 atom stereocenters. The number of hydrogen-bond acceptors (Lipinski definition) is 3. The van der Waals surface area contributed by atoms with Crippen LogP contribution in [-0.4, -0.2) is 24.8 Å². The molecule has 4 heteroatoms. The van der Waals surface area contributed by atoms with Gasteiger partial charge in [0.2, 0.25) is 0 Å². The van der Waals surface area contributed by atoms with Crippen LogP contribution in [0, 0.1) is 19.8 Å². The first-order valence-corrected chi connectivity index (χ1v) is 6.51. The zero-order valence-electron chi connectivity index (χ0n) is 11.6. The summed E-state index contributed by atoms with van der Waals surface area (Å²) >= 11 is 0. The minimum atomic E-state index is -0.923. The Hall–Kier alpha value is -1.55. The Bertz CT molecular complexity index is 477. The van der Waals surface area contributed by atoms with Gasteiger partial charge in [0.1, 0.15) is 12.4 Å². The summed E-state index contributed by atoms with van der Waals surface area (Å²) < 4.78 is 10.9. The molecule has 0 amide bonds. The van der Waals surface area contributed by atoms with E-state index < -0.39 is 5.97 Å². The lowest BCUT2D eigenvalue weighted by atomic mass is 9.97. The number of carboxylic acids is 1. The largest absolute Gasteiger partial charge is 0.496 e. The lowest BCUT2D eigenvalue weighted by Gasteiger charge is -2.20. The van der Waals surface area contributed by atoms with Crippen LogP contribution in [0.15, 0.2) is 12.1 Å². The zero-order chi connectivity index (χ0) is 14.0. The molecule has 1 aromatic carbocycles. The van der Waals surface area contributed by atoms with Crippen LogP contribution in [0.1, 0.15) is 35.6 Å². The van der Waals surface area contributed by atoms with Crippen LogP contribution < -0.4 is 4.74 Å². The number of methoxy groups -OCH3 is 1. The van der Waals surface area contributed by atoms with Crippen molar-refractivity contribution in [3.63, 3.8) is 0 Å². The number of aryl methyl sites for hydroxylation is 2. The van der Waals surface area contributed by atoms with Gasteiger partial charge in [-0.1, -0.05) is 0 Å². The van der Waals surface area contributed by atoms with E-state index in [1.165, 1.54) is 0 Å². The van der Waals surface area contributed by atoms with E-state index in [2.05, 4.69) is 6.07 Å². The first-order valence-electron chi connectivity index (χ1n) is 6.51. The van der Waals surface area contributed by atoms with Crippen LogP contribution in [0.4, 0.5) is 0 Å². The monoisotopic (exact) mass is 264 g/mol. The van der Waals surface area contributed by atoms with Crippen molar-refractivity contribution in [1.29, 1.82) is 0 Å². The number of hydrogen-bond donors (Lipinski definition) is 1. The van der Waals surface area contributed by atoms with E-state index in [0.29, 0.717) is 5.92 Å². The highest BCUT2D eigenvalue weighted by Crippen LogP contribution is 2.45. The highest BCUT2D eigenvalue weighted by Gasteiger charge is 2.34. The van der Waals surface area contributed by atoms with Gasteiger partial charge in [-0.2, -0.15) is 0 Å². The fourth-order valence-corrected chi connectivity index (χ4v) is 2.38. The summed E-state index contributed by atoms with van der Waals surface area (Å²) in [6.45, 7) is 3.76. The topological polar surface area (TPSA) is 55.8 Å². The fraction of sp³-hybridized carbons (Fsp3) is 0.533. The number of ether oxygens (including phenoxy) is 2. The van der Waals surface area contributed by atoms with Gasteiger partial charge in [-0.3, -0.25) is 0 Å². The molecule has 0 saturated heterocycles. The Morgan fingerprint density at radius 1 is 1.37 bits per heavy atom. The molecule has 1 saturated carbocycles. The molecule has 104 valence electrons. The molecule has 1 aliphatic carbocycles. The summed E-state index contributed by atoms with van der Waals surface area (Å²) in [5.74, 6) is 0.383. The predicted octanol–water partition coefficient (Wildman–Crippen LogP) is 2.86. The van der Waals surface area contributed by atoms with Crippen LogP contribution >= 0.6 is 0 Å². The number of carbonyl (C=O) groups is 1. The molecule has 0 spiro atoms. The van der Waals surface area contributed by atoms with E-state index in [1.54, 1.807) is 7.11 Å². The molecule has 1 fully saturated rings. The molecule has 2 rings (SSSR count). The van der Waals surface area contributed by atoms with E-state index in [-0.39, 0.29) is 12.7 Å². The third-order valence-corrected chi connectivity index (χ3v) is 3.53. The second kappa shape index (κ2) is 5.61. The second-order valence-electron chi connectivity index (χ2n) is 5.14. The van der Waals surface area contributed by atoms with Gasteiger partial charge in [-0.15, -0.1) is 0 Å². The van der Waals surface area contributed by atoms with Crippen molar-refractivity contribution in [2.75, 3.05) is 13.7 Å². The van der Waals surface area contributed by atoms with Crippen molar-refractivity contribution in [3.05, 3.63) is 28.8 Å². The molecule has 0 aromatic heterocycles. The first kappa shape index (κ1) is 13.9. The van der Waals surface area contributed by atoms with E-state index in [1.807, 2.05) is 19.9 Å². The molecule has 1 N–H and O–H groups in total. The fourth-order valence-electron chi connectivity index (χ4n) is 2.38. The minimum absolute atomic E-state index is 0.110. The lowest BCUT2D eigenvalue weighted by Crippen LogP contribution is -2.15. The summed E-state index contributed by atoms with van der Waals surface area (Å²) in [5, 5.41) is 8.77. The molecule has 4 nitrogen and oxygen atoms in total. The van der Waals surface area contributed by atoms with Crippen molar-refractivity contribution >= 4 is 5.97 Å². The number of aliphatic carboxylic acids is 1. The minimum Gasteiger partial charge on any atom is -0.496 e. The molecule has 0 heterocycles. The van der Waals surface area contributed by atoms with Gasteiger partial charge in [0.15, 0.2) is 0 Å². The maximum absolute atomic E-state index is 10.7. The Morgan fingerprint density at radius 3 is 2.58 bits per heavy atom. The van der Waals surface area contributed by atoms with Gasteiger partial charge in [0.05, 0.1) is 13.2 Å². The SMILES string of the molecule is COc1cc(C)c(C(OCC(=O)O)C2CC2)cc1C. The van der Waals surface area contributed by atoms with Gasteiger partial charge in [-0.05, 0) is 61.4 Å². The standard InChI is InChI=1S/C15H20O4/c1-9-7-13(18-3)10(2)6-12(9)15(11-4-5-11)19-8-14(16)17/h6-7,11,15H,4-5,8H2,1-3H3,(H,16,17). The second-order valence-corrected chi connectivity index (χ2v) is 5.14. The van der Waals surface area contributed by atoms with Crippen LogP contribution in [-0.2, 0) is 9.53 Å². The molecular formula is C15H20O4. The third kappa shape index (κ3) is 3.26. The summed E-state index contributed by atoms with van der Waals surface area (Å²) in [6.07, 6.45) is 2.10. The van der Waals surface area contributed by atoms with E-state index in [4.69, 9.17) is 14.6 Å². The Morgan fingerprint density at radius 2 is 2.05 bits per heavy atom. The van der Waals surface area contributed by atoms with E-state index in [0.717, 1.165) is 35.3 Å². The maximum atomic E-state index is 10.7. The Balaban J connectivity index is 2.25. The average Bonchev–Trinajstić information content (AvgIpc) is 3.17. The molecule has 0 radical (unpaired) electrons. The van der Waals surface area contributed by atoms with Crippen molar-refractivity contribution in [2.24, 2.45) is 5.92 Å².